The number of fused-ring (bicyclic) bond motifs is 1. The third-order valence-corrected chi connectivity index (χ3v) is 5.17. The number of amides is 1. The van der Waals surface area contributed by atoms with Gasteiger partial charge in [0.25, 0.3) is 0 Å². The van der Waals surface area contributed by atoms with Gasteiger partial charge < -0.3 is 19.5 Å². The number of benzene rings is 2. The first-order valence-electron chi connectivity index (χ1n) is 10.5. The van der Waals surface area contributed by atoms with Crippen LogP contribution in [-0.2, 0) is 4.79 Å². The normalized spacial score (nSPS) is 16.5. The molecule has 0 saturated carbocycles. The van der Waals surface area contributed by atoms with Crippen LogP contribution in [0.15, 0.2) is 42.5 Å². The highest BCUT2D eigenvalue weighted by atomic mass is 16.5. The Morgan fingerprint density at radius 3 is 2.55 bits per heavy atom. The molecule has 0 spiro atoms. The van der Waals surface area contributed by atoms with E-state index in [-0.39, 0.29) is 23.8 Å². The first kappa shape index (κ1) is 21.0. The summed E-state index contributed by atoms with van der Waals surface area (Å²) >= 11 is 0. The fraction of sp³-hybridized carbons (Fsp3) is 0.458. The molecule has 2 unspecified atom stereocenters. The first-order valence-corrected chi connectivity index (χ1v) is 10.5. The number of hydrogen-bond donors (Lipinski definition) is 1. The van der Waals surface area contributed by atoms with Crippen LogP contribution in [0.4, 0.5) is 0 Å². The van der Waals surface area contributed by atoms with Gasteiger partial charge in [0, 0.05) is 5.56 Å². The largest absolute Gasteiger partial charge is 0.493 e. The minimum absolute atomic E-state index is 0.0336. The second kappa shape index (κ2) is 9.68. The monoisotopic (exact) mass is 397 g/mol. The van der Waals surface area contributed by atoms with Crippen LogP contribution < -0.4 is 19.5 Å². The summed E-state index contributed by atoms with van der Waals surface area (Å²) in [6.07, 6.45) is 0.682. The second-order valence-electron chi connectivity index (χ2n) is 7.53. The predicted octanol–water partition coefficient (Wildman–Crippen LogP) is 4.86. The standard InChI is InChI=1S/C24H31NO4/c1-5-27-21-12-11-17(15-22(21)28-6-2)23(16(3)4)25-24(26)19-13-14-29-20-10-8-7-9-18(19)20/h7-12,15-16,19,23H,5-6,13-14H2,1-4H3,(H,25,26). The Morgan fingerprint density at radius 1 is 1.10 bits per heavy atom. The van der Waals surface area contributed by atoms with Gasteiger partial charge in [0.1, 0.15) is 5.75 Å². The van der Waals surface area contributed by atoms with Crippen molar-refractivity contribution < 1.29 is 19.0 Å². The molecule has 5 heteroatoms. The molecule has 1 amide bonds. The summed E-state index contributed by atoms with van der Waals surface area (Å²) in [4.78, 5) is 13.2. The van der Waals surface area contributed by atoms with Gasteiger partial charge in [-0.15, -0.1) is 0 Å². The molecule has 3 rings (SSSR count). The van der Waals surface area contributed by atoms with E-state index < -0.39 is 0 Å². The van der Waals surface area contributed by atoms with Crippen LogP contribution in [0.1, 0.15) is 57.2 Å². The molecule has 1 N–H and O–H groups in total. The van der Waals surface area contributed by atoms with Crippen molar-refractivity contribution >= 4 is 5.91 Å². The van der Waals surface area contributed by atoms with E-state index in [0.717, 1.165) is 22.6 Å². The highest BCUT2D eigenvalue weighted by Crippen LogP contribution is 2.36. The number of carbonyl (C=O) groups is 1. The van der Waals surface area contributed by atoms with Gasteiger partial charge in [-0.3, -0.25) is 4.79 Å². The smallest absolute Gasteiger partial charge is 0.228 e. The van der Waals surface area contributed by atoms with E-state index in [1.165, 1.54) is 0 Å². The topological polar surface area (TPSA) is 56.8 Å². The zero-order chi connectivity index (χ0) is 20.8. The first-order chi connectivity index (χ1) is 14.0. The molecule has 2 atom stereocenters. The minimum Gasteiger partial charge on any atom is -0.493 e. The van der Waals surface area contributed by atoms with E-state index in [2.05, 4.69) is 19.2 Å². The summed E-state index contributed by atoms with van der Waals surface area (Å²) < 4.78 is 17.2. The van der Waals surface area contributed by atoms with E-state index in [0.29, 0.717) is 32.0 Å². The van der Waals surface area contributed by atoms with Crippen LogP contribution in [0.5, 0.6) is 17.2 Å². The Labute approximate surface area is 173 Å². The number of para-hydroxylation sites is 1. The van der Waals surface area contributed by atoms with Crippen LogP contribution in [0, 0.1) is 5.92 Å². The van der Waals surface area contributed by atoms with Crippen molar-refractivity contribution in [3.63, 3.8) is 0 Å². The van der Waals surface area contributed by atoms with E-state index in [1.807, 2.05) is 56.3 Å². The summed E-state index contributed by atoms with van der Waals surface area (Å²) in [5.74, 6) is 2.30. The lowest BCUT2D eigenvalue weighted by Gasteiger charge is -2.29. The zero-order valence-corrected chi connectivity index (χ0v) is 17.7. The molecular formula is C24H31NO4. The predicted molar refractivity (Wildman–Crippen MR) is 114 cm³/mol. The van der Waals surface area contributed by atoms with Gasteiger partial charge in [-0.2, -0.15) is 0 Å². The van der Waals surface area contributed by atoms with Crippen LogP contribution in [-0.4, -0.2) is 25.7 Å². The fourth-order valence-electron chi connectivity index (χ4n) is 3.76. The van der Waals surface area contributed by atoms with Gasteiger partial charge in [0.05, 0.1) is 31.8 Å². The summed E-state index contributed by atoms with van der Waals surface area (Å²) in [5, 5.41) is 3.27. The van der Waals surface area contributed by atoms with Gasteiger partial charge in [0.2, 0.25) is 5.91 Å². The lowest BCUT2D eigenvalue weighted by Crippen LogP contribution is -2.37. The quantitative estimate of drug-likeness (QED) is 0.691. The number of hydrogen-bond acceptors (Lipinski definition) is 4. The van der Waals surface area contributed by atoms with Crippen LogP contribution in [0.25, 0.3) is 0 Å². The van der Waals surface area contributed by atoms with Crippen molar-refractivity contribution in [3.8, 4) is 17.2 Å². The maximum atomic E-state index is 13.2. The Kier molecular flexibility index (Phi) is 7.02. The molecule has 1 aliphatic heterocycles. The van der Waals surface area contributed by atoms with Gasteiger partial charge in [0.15, 0.2) is 11.5 Å². The maximum absolute atomic E-state index is 13.2. The molecule has 0 aromatic heterocycles. The second-order valence-corrected chi connectivity index (χ2v) is 7.53. The summed E-state index contributed by atoms with van der Waals surface area (Å²) in [6, 6.07) is 13.6. The van der Waals surface area contributed by atoms with E-state index in [1.54, 1.807) is 0 Å². The molecule has 2 aromatic rings. The third kappa shape index (κ3) is 4.84. The number of ether oxygens (including phenoxy) is 3. The molecule has 1 heterocycles. The molecule has 0 fully saturated rings. The van der Waals surface area contributed by atoms with E-state index >= 15 is 0 Å². The van der Waals surface area contributed by atoms with Gasteiger partial charge >= 0.3 is 0 Å². The Hall–Kier alpha value is -2.69. The van der Waals surface area contributed by atoms with Crippen LogP contribution in [0.2, 0.25) is 0 Å². The summed E-state index contributed by atoms with van der Waals surface area (Å²) in [5.41, 5.74) is 1.97. The molecule has 0 saturated heterocycles. The fourth-order valence-corrected chi connectivity index (χ4v) is 3.76. The van der Waals surface area contributed by atoms with Crippen molar-refractivity contribution in [1.29, 1.82) is 0 Å². The molecule has 1 aliphatic rings. The molecule has 29 heavy (non-hydrogen) atoms. The van der Waals surface area contributed by atoms with E-state index in [9.17, 15) is 4.79 Å². The average molecular weight is 398 g/mol. The lowest BCUT2D eigenvalue weighted by molar-refractivity contribution is -0.124. The highest BCUT2D eigenvalue weighted by molar-refractivity contribution is 5.85. The van der Waals surface area contributed by atoms with Crippen molar-refractivity contribution in [2.75, 3.05) is 19.8 Å². The van der Waals surface area contributed by atoms with Crippen molar-refractivity contribution in [3.05, 3.63) is 53.6 Å². The van der Waals surface area contributed by atoms with Gasteiger partial charge in [-0.25, -0.2) is 0 Å². The highest BCUT2D eigenvalue weighted by Gasteiger charge is 2.30. The molecule has 0 aliphatic carbocycles. The molecule has 0 bridgehead atoms. The van der Waals surface area contributed by atoms with E-state index in [4.69, 9.17) is 14.2 Å². The SMILES string of the molecule is CCOc1ccc(C(NC(=O)C2CCOc3ccccc32)C(C)C)cc1OCC. The molecular weight excluding hydrogens is 366 g/mol. The Morgan fingerprint density at radius 2 is 1.83 bits per heavy atom. The molecule has 0 radical (unpaired) electrons. The Bertz CT molecular complexity index is 833. The van der Waals surface area contributed by atoms with Crippen molar-refractivity contribution in [1.82, 2.24) is 5.32 Å². The maximum Gasteiger partial charge on any atom is 0.228 e. The summed E-state index contributed by atoms with van der Waals surface area (Å²) in [7, 11) is 0. The van der Waals surface area contributed by atoms with Crippen LogP contribution in [0.3, 0.4) is 0 Å². The number of nitrogens with one attached hydrogen (secondary N) is 1. The van der Waals surface area contributed by atoms with Crippen LogP contribution >= 0.6 is 0 Å². The third-order valence-electron chi connectivity index (χ3n) is 5.17. The number of carbonyl (C=O) groups excluding carboxylic acids is 1. The Balaban J connectivity index is 1.84. The average Bonchev–Trinajstić information content (AvgIpc) is 2.73. The summed E-state index contributed by atoms with van der Waals surface area (Å²) in [6.45, 7) is 9.81. The van der Waals surface area contributed by atoms with Gasteiger partial charge in [-0.05, 0) is 49.9 Å². The number of rotatable bonds is 8. The van der Waals surface area contributed by atoms with Gasteiger partial charge in [-0.1, -0.05) is 38.1 Å². The van der Waals surface area contributed by atoms with Crippen molar-refractivity contribution in [2.24, 2.45) is 5.92 Å². The molecule has 2 aromatic carbocycles. The minimum atomic E-state index is -0.199. The molecule has 156 valence electrons. The van der Waals surface area contributed by atoms with Crippen molar-refractivity contribution in [2.45, 2.75) is 46.1 Å². The zero-order valence-electron chi connectivity index (χ0n) is 17.7. The molecule has 5 nitrogen and oxygen atoms in total. The lowest BCUT2D eigenvalue weighted by atomic mass is 9.90.